The Morgan fingerprint density at radius 3 is 0.792 bits per heavy atom. The minimum Gasteiger partial charge on any atom is -0.491 e. The second-order valence-electron chi connectivity index (χ2n) is 9.43. The summed E-state index contributed by atoms with van der Waals surface area (Å²) in [6.45, 7) is 0. The first-order valence-electron chi connectivity index (χ1n) is 12.0. The fraction of sp³-hybridized carbons (Fsp3) is 0.0714. The molecular formula is C28H3F19O. The van der Waals surface area contributed by atoms with E-state index in [4.69, 9.17) is 0 Å². The molecule has 20 heteroatoms. The lowest BCUT2D eigenvalue weighted by atomic mass is 9.83. The van der Waals surface area contributed by atoms with E-state index in [0.717, 1.165) is 0 Å². The minimum atomic E-state index is -6.31. The van der Waals surface area contributed by atoms with Gasteiger partial charge in [-0.15, -0.1) is 0 Å². The standard InChI is InChI=1S/C28H3F19O/c1-48-27-25(43)17(35)9(18(36)26(27)44)3-6-4(11(29)21(39)23(41)13(6)31)2(5-7(3)14(32)24(42)22(40)12(5)30)8-15(33)19(37)10(28(45,46)47)20(38)16(8)34/h1H3. The van der Waals surface area contributed by atoms with E-state index in [0.29, 0.717) is 7.11 Å². The van der Waals surface area contributed by atoms with Crippen LogP contribution in [0.15, 0.2) is 0 Å². The molecule has 254 valence electrons. The van der Waals surface area contributed by atoms with Crippen molar-refractivity contribution in [3.8, 4) is 28.0 Å². The molecule has 0 radical (unpaired) electrons. The van der Waals surface area contributed by atoms with Crippen LogP contribution in [0.2, 0.25) is 0 Å². The maximum atomic E-state index is 15.5. The van der Waals surface area contributed by atoms with E-state index in [9.17, 15) is 48.3 Å². The lowest BCUT2D eigenvalue weighted by Crippen LogP contribution is -2.16. The van der Waals surface area contributed by atoms with Crippen molar-refractivity contribution in [3.63, 3.8) is 0 Å². The fourth-order valence-electron chi connectivity index (χ4n) is 5.06. The lowest BCUT2D eigenvalue weighted by Gasteiger charge is -2.22. The number of methoxy groups -OCH3 is 1. The van der Waals surface area contributed by atoms with Crippen LogP contribution in [0.1, 0.15) is 5.56 Å². The molecule has 0 saturated heterocycles. The predicted molar refractivity (Wildman–Crippen MR) is 123 cm³/mol. The Kier molecular flexibility index (Phi) is 7.95. The number of fused-ring (bicyclic) bond motifs is 2. The van der Waals surface area contributed by atoms with Gasteiger partial charge >= 0.3 is 6.18 Å². The molecule has 5 aromatic carbocycles. The molecule has 0 N–H and O–H groups in total. The molecule has 0 bridgehead atoms. The van der Waals surface area contributed by atoms with Gasteiger partial charge in [-0.3, -0.25) is 0 Å². The van der Waals surface area contributed by atoms with Crippen molar-refractivity contribution < 1.29 is 88.2 Å². The zero-order valence-electron chi connectivity index (χ0n) is 22.1. The summed E-state index contributed by atoms with van der Waals surface area (Å²) in [5.74, 6) is -51.6. The first-order valence-corrected chi connectivity index (χ1v) is 12.0. The lowest BCUT2D eigenvalue weighted by molar-refractivity contribution is -0.143. The number of benzene rings is 5. The Hall–Kier alpha value is -4.91. The van der Waals surface area contributed by atoms with E-state index in [-0.39, 0.29) is 0 Å². The molecule has 0 atom stereocenters. The maximum Gasteiger partial charge on any atom is 0.422 e. The van der Waals surface area contributed by atoms with Crippen molar-refractivity contribution in [1.29, 1.82) is 0 Å². The molecule has 5 rings (SSSR count). The van der Waals surface area contributed by atoms with Crippen molar-refractivity contribution in [2.45, 2.75) is 6.18 Å². The molecule has 0 spiro atoms. The van der Waals surface area contributed by atoms with Crippen molar-refractivity contribution in [2.24, 2.45) is 0 Å². The summed E-state index contributed by atoms with van der Waals surface area (Å²) in [4.78, 5) is 0. The number of alkyl halides is 3. The van der Waals surface area contributed by atoms with E-state index in [1.165, 1.54) is 0 Å². The molecule has 0 amide bonds. The zero-order valence-corrected chi connectivity index (χ0v) is 22.1. The Balaban J connectivity index is 2.31. The molecule has 0 aromatic heterocycles. The van der Waals surface area contributed by atoms with E-state index in [2.05, 4.69) is 4.74 Å². The predicted octanol–water partition coefficient (Wildman–Crippen LogP) is 10.6. The normalized spacial score (nSPS) is 12.2. The van der Waals surface area contributed by atoms with Crippen LogP contribution in [0.3, 0.4) is 0 Å². The topological polar surface area (TPSA) is 9.23 Å². The Morgan fingerprint density at radius 1 is 0.312 bits per heavy atom. The Bertz CT molecular complexity index is 2130. The van der Waals surface area contributed by atoms with Crippen LogP contribution in [0, 0.1) is 93.1 Å². The second-order valence-corrected chi connectivity index (χ2v) is 9.43. The van der Waals surface area contributed by atoms with Crippen LogP contribution in [0.25, 0.3) is 43.8 Å². The smallest absolute Gasteiger partial charge is 0.422 e. The van der Waals surface area contributed by atoms with Gasteiger partial charge < -0.3 is 4.74 Å². The Labute approximate surface area is 250 Å². The highest BCUT2D eigenvalue weighted by Crippen LogP contribution is 2.52. The van der Waals surface area contributed by atoms with Crippen molar-refractivity contribution in [2.75, 3.05) is 7.11 Å². The fourth-order valence-corrected chi connectivity index (χ4v) is 5.06. The number of hydrogen-bond acceptors (Lipinski definition) is 1. The van der Waals surface area contributed by atoms with Crippen LogP contribution < -0.4 is 4.74 Å². The summed E-state index contributed by atoms with van der Waals surface area (Å²) in [7, 11) is 0.394. The van der Waals surface area contributed by atoms with Gasteiger partial charge in [-0.25, -0.2) is 61.5 Å². The second kappa shape index (κ2) is 11.1. The number of hydrogen-bond donors (Lipinski definition) is 0. The average Bonchev–Trinajstić information content (AvgIpc) is 3.02. The summed E-state index contributed by atoms with van der Waals surface area (Å²) < 4.78 is 284. The third kappa shape index (κ3) is 4.36. The molecule has 48 heavy (non-hydrogen) atoms. The monoisotopic (exact) mass is 716 g/mol. The van der Waals surface area contributed by atoms with Crippen molar-refractivity contribution in [1.82, 2.24) is 0 Å². The van der Waals surface area contributed by atoms with Gasteiger partial charge in [-0.1, -0.05) is 0 Å². The van der Waals surface area contributed by atoms with E-state index >= 15 is 35.1 Å². The summed E-state index contributed by atoms with van der Waals surface area (Å²) in [5, 5.41) is -10.3. The molecule has 0 fully saturated rings. The zero-order chi connectivity index (χ0) is 36.2. The molecule has 0 saturated carbocycles. The van der Waals surface area contributed by atoms with Gasteiger partial charge in [-0.2, -0.15) is 22.0 Å². The van der Waals surface area contributed by atoms with E-state index in [1.54, 1.807) is 0 Å². The molecule has 0 unspecified atom stereocenters. The van der Waals surface area contributed by atoms with Crippen LogP contribution >= 0.6 is 0 Å². The molecule has 0 heterocycles. The van der Waals surface area contributed by atoms with E-state index in [1.807, 2.05) is 0 Å². The third-order valence-electron chi connectivity index (χ3n) is 7.01. The SMILES string of the molecule is COc1c(F)c(F)c(-c2c3c(F)c(F)c(F)c(F)c3c(-c3c(F)c(F)c(C(F)(F)F)c(F)c3F)c3c(F)c(F)c(F)c(F)c23)c(F)c1F. The van der Waals surface area contributed by atoms with Crippen LogP contribution in [0.4, 0.5) is 83.4 Å². The number of ether oxygens (including phenoxy) is 1. The quantitative estimate of drug-likeness (QED) is 0.0782. The average molecular weight is 716 g/mol. The van der Waals surface area contributed by atoms with Gasteiger partial charge in [-0.05, 0) is 0 Å². The largest absolute Gasteiger partial charge is 0.491 e. The van der Waals surface area contributed by atoms with Crippen molar-refractivity contribution in [3.05, 3.63) is 98.6 Å². The van der Waals surface area contributed by atoms with Crippen LogP contribution in [-0.2, 0) is 6.18 Å². The highest BCUT2D eigenvalue weighted by molar-refractivity contribution is 6.22. The molecule has 0 aliphatic rings. The molecule has 1 nitrogen and oxygen atoms in total. The van der Waals surface area contributed by atoms with Gasteiger partial charge in [0.15, 0.2) is 87.2 Å². The highest BCUT2D eigenvalue weighted by Gasteiger charge is 2.44. The first kappa shape index (κ1) is 34.4. The molecule has 0 aliphatic carbocycles. The van der Waals surface area contributed by atoms with Crippen LogP contribution in [0.5, 0.6) is 5.75 Å². The first-order chi connectivity index (χ1) is 22.1. The third-order valence-corrected chi connectivity index (χ3v) is 7.01. The van der Waals surface area contributed by atoms with Gasteiger partial charge in [0, 0.05) is 32.7 Å². The molecule has 5 aromatic rings. The highest BCUT2D eigenvalue weighted by atomic mass is 19.4. The van der Waals surface area contributed by atoms with Crippen LogP contribution in [-0.4, -0.2) is 7.11 Å². The number of halogens is 19. The summed E-state index contributed by atoms with van der Waals surface area (Å²) in [5.41, 5.74) is -14.0. The van der Waals surface area contributed by atoms with Gasteiger partial charge in [0.2, 0.25) is 11.6 Å². The number of rotatable bonds is 3. The van der Waals surface area contributed by atoms with Gasteiger partial charge in [0.05, 0.1) is 18.2 Å². The van der Waals surface area contributed by atoms with Gasteiger partial charge in [0.25, 0.3) is 0 Å². The summed E-state index contributed by atoms with van der Waals surface area (Å²) in [6.07, 6.45) is -6.31. The molecule has 0 aliphatic heterocycles. The summed E-state index contributed by atoms with van der Waals surface area (Å²) >= 11 is 0. The minimum absolute atomic E-state index is 0.394. The Morgan fingerprint density at radius 2 is 0.562 bits per heavy atom. The van der Waals surface area contributed by atoms with Crippen molar-refractivity contribution >= 4 is 21.5 Å². The molecular weight excluding hydrogens is 713 g/mol. The van der Waals surface area contributed by atoms with E-state index < -0.39 is 154 Å². The maximum absolute atomic E-state index is 15.5. The summed E-state index contributed by atoms with van der Waals surface area (Å²) in [6, 6.07) is 0. The van der Waals surface area contributed by atoms with Gasteiger partial charge in [0.1, 0.15) is 5.56 Å².